The van der Waals surface area contributed by atoms with E-state index in [4.69, 9.17) is 5.73 Å². The lowest BCUT2D eigenvalue weighted by atomic mass is 10.0. The molecule has 1 saturated heterocycles. The van der Waals surface area contributed by atoms with Crippen LogP contribution in [0.15, 0.2) is 36.4 Å². The minimum atomic E-state index is 0.0400. The number of nitrogen functional groups attached to an aromatic ring is 1. The Bertz CT molecular complexity index is 683. The number of nitrogens with zero attached hydrogens (tertiary/aromatic N) is 2. The third-order valence-electron chi connectivity index (χ3n) is 4.40. The van der Waals surface area contributed by atoms with Crippen molar-refractivity contribution in [3.05, 3.63) is 42.0 Å². The summed E-state index contributed by atoms with van der Waals surface area (Å²) in [6.07, 6.45) is 0. The molecule has 2 aromatic rings. The summed E-state index contributed by atoms with van der Waals surface area (Å²) in [6.45, 7) is 4.55. The Morgan fingerprint density at radius 2 is 1.86 bits per heavy atom. The second-order valence-corrected chi connectivity index (χ2v) is 5.87. The second-order valence-electron chi connectivity index (χ2n) is 5.87. The van der Waals surface area contributed by atoms with Crippen LogP contribution in [0.3, 0.4) is 0 Å². The lowest BCUT2D eigenvalue weighted by Gasteiger charge is -2.37. The van der Waals surface area contributed by atoms with E-state index in [9.17, 15) is 4.79 Å². The van der Waals surface area contributed by atoms with Gasteiger partial charge in [-0.2, -0.15) is 0 Å². The zero-order valence-electron chi connectivity index (χ0n) is 12.5. The van der Waals surface area contributed by atoms with Gasteiger partial charge in [-0.3, -0.25) is 4.79 Å². The number of hydrogen-bond donors (Lipinski definition) is 1. The Morgan fingerprint density at radius 3 is 2.52 bits per heavy atom. The van der Waals surface area contributed by atoms with Crippen LogP contribution in [0, 0.1) is 0 Å². The average molecular weight is 283 g/mol. The molecule has 1 fully saturated rings. The number of amides is 1. The van der Waals surface area contributed by atoms with Crippen molar-refractivity contribution < 1.29 is 4.79 Å². The molecule has 0 radical (unpaired) electrons. The standard InChI is InChI=1S/C17H21N3O/c1-12-11-20(8-7-19(12)2)17(21)15-9-13-5-3-4-6-14(13)10-16(15)18/h3-6,9-10,12H,7-8,11,18H2,1-2H3. The van der Waals surface area contributed by atoms with E-state index in [1.165, 1.54) is 0 Å². The SMILES string of the molecule is CC1CN(C(=O)c2cc3ccccc3cc2N)CCN1C. The van der Waals surface area contributed by atoms with Gasteiger partial charge in [-0.15, -0.1) is 0 Å². The van der Waals surface area contributed by atoms with E-state index in [0.29, 0.717) is 17.3 Å². The van der Waals surface area contributed by atoms with Crippen LogP contribution in [-0.4, -0.2) is 48.4 Å². The van der Waals surface area contributed by atoms with Gasteiger partial charge in [0.25, 0.3) is 5.91 Å². The van der Waals surface area contributed by atoms with Gasteiger partial charge in [-0.05, 0) is 36.9 Å². The Labute approximate surface area is 125 Å². The molecular weight excluding hydrogens is 262 g/mol. The molecule has 0 saturated carbocycles. The quantitative estimate of drug-likeness (QED) is 0.816. The number of benzene rings is 2. The summed E-state index contributed by atoms with van der Waals surface area (Å²) in [5, 5.41) is 2.12. The molecule has 4 heteroatoms. The highest BCUT2D eigenvalue weighted by Crippen LogP contribution is 2.24. The number of carbonyl (C=O) groups excluding carboxylic acids is 1. The summed E-state index contributed by atoms with van der Waals surface area (Å²) in [7, 11) is 2.09. The van der Waals surface area contributed by atoms with Crippen molar-refractivity contribution in [2.45, 2.75) is 13.0 Å². The van der Waals surface area contributed by atoms with Crippen molar-refractivity contribution in [3.8, 4) is 0 Å². The predicted molar refractivity (Wildman–Crippen MR) is 86.4 cm³/mol. The summed E-state index contributed by atoms with van der Waals surface area (Å²) in [6, 6.07) is 12.2. The van der Waals surface area contributed by atoms with Crippen molar-refractivity contribution in [1.82, 2.24) is 9.80 Å². The Hall–Kier alpha value is -2.07. The van der Waals surface area contributed by atoms with Gasteiger partial charge >= 0.3 is 0 Å². The van der Waals surface area contributed by atoms with Gasteiger partial charge < -0.3 is 15.5 Å². The van der Waals surface area contributed by atoms with E-state index in [-0.39, 0.29) is 5.91 Å². The van der Waals surface area contributed by atoms with E-state index in [1.807, 2.05) is 41.3 Å². The van der Waals surface area contributed by atoms with Gasteiger partial charge in [0.05, 0.1) is 5.56 Å². The van der Waals surface area contributed by atoms with Crippen molar-refractivity contribution in [2.75, 3.05) is 32.4 Å². The molecule has 2 N–H and O–H groups in total. The van der Waals surface area contributed by atoms with Crippen LogP contribution in [0.2, 0.25) is 0 Å². The Balaban J connectivity index is 1.92. The number of hydrogen-bond acceptors (Lipinski definition) is 3. The summed E-state index contributed by atoms with van der Waals surface area (Å²) >= 11 is 0. The van der Waals surface area contributed by atoms with Crippen LogP contribution in [0.4, 0.5) is 5.69 Å². The van der Waals surface area contributed by atoms with E-state index < -0.39 is 0 Å². The molecular formula is C17H21N3O. The topological polar surface area (TPSA) is 49.6 Å². The molecule has 3 rings (SSSR count). The summed E-state index contributed by atoms with van der Waals surface area (Å²) in [4.78, 5) is 16.9. The molecule has 110 valence electrons. The summed E-state index contributed by atoms with van der Waals surface area (Å²) < 4.78 is 0. The molecule has 1 atom stereocenters. The van der Waals surface area contributed by atoms with E-state index >= 15 is 0 Å². The minimum Gasteiger partial charge on any atom is -0.398 e. The van der Waals surface area contributed by atoms with Crippen LogP contribution in [0.25, 0.3) is 10.8 Å². The fourth-order valence-corrected chi connectivity index (χ4v) is 2.85. The first-order chi connectivity index (χ1) is 10.1. The van der Waals surface area contributed by atoms with Crippen LogP contribution in [-0.2, 0) is 0 Å². The van der Waals surface area contributed by atoms with Crippen LogP contribution >= 0.6 is 0 Å². The van der Waals surface area contributed by atoms with Crippen molar-refractivity contribution in [3.63, 3.8) is 0 Å². The molecule has 2 aromatic carbocycles. The molecule has 1 unspecified atom stereocenters. The molecule has 4 nitrogen and oxygen atoms in total. The smallest absolute Gasteiger partial charge is 0.256 e. The molecule has 1 aliphatic rings. The first-order valence-corrected chi connectivity index (χ1v) is 7.34. The largest absolute Gasteiger partial charge is 0.398 e. The number of piperazine rings is 1. The minimum absolute atomic E-state index is 0.0400. The highest BCUT2D eigenvalue weighted by Gasteiger charge is 2.26. The average Bonchev–Trinajstić information content (AvgIpc) is 2.48. The maximum absolute atomic E-state index is 12.7. The summed E-state index contributed by atoms with van der Waals surface area (Å²) in [5.41, 5.74) is 7.27. The zero-order valence-corrected chi connectivity index (χ0v) is 12.5. The van der Waals surface area contributed by atoms with Gasteiger partial charge in [0.1, 0.15) is 0 Å². The first kappa shape index (κ1) is 13.9. The van der Waals surface area contributed by atoms with Gasteiger partial charge in [-0.1, -0.05) is 24.3 Å². The number of anilines is 1. The van der Waals surface area contributed by atoms with Crippen LogP contribution < -0.4 is 5.73 Å². The predicted octanol–water partition coefficient (Wildman–Crippen LogP) is 2.20. The molecule has 0 aromatic heterocycles. The van der Waals surface area contributed by atoms with Crippen molar-refractivity contribution in [2.24, 2.45) is 0 Å². The van der Waals surface area contributed by atoms with Crippen molar-refractivity contribution >= 4 is 22.4 Å². The zero-order chi connectivity index (χ0) is 15.0. The van der Waals surface area contributed by atoms with Gasteiger partial charge in [-0.25, -0.2) is 0 Å². The maximum Gasteiger partial charge on any atom is 0.256 e. The fourth-order valence-electron chi connectivity index (χ4n) is 2.85. The molecule has 1 heterocycles. The Morgan fingerprint density at radius 1 is 1.19 bits per heavy atom. The monoisotopic (exact) mass is 283 g/mol. The molecule has 1 aliphatic heterocycles. The molecule has 0 spiro atoms. The van der Waals surface area contributed by atoms with Gasteiger partial charge in [0.2, 0.25) is 0 Å². The third kappa shape index (κ3) is 2.59. The Kier molecular flexibility index (Phi) is 3.55. The number of rotatable bonds is 1. The molecule has 0 aliphatic carbocycles. The second kappa shape index (κ2) is 5.37. The first-order valence-electron chi connectivity index (χ1n) is 7.34. The normalized spacial score (nSPS) is 19.9. The van der Waals surface area contributed by atoms with E-state index in [0.717, 1.165) is 30.4 Å². The van der Waals surface area contributed by atoms with E-state index in [1.54, 1.807) is 0 Å². The van der Waals surface area contributed by atoms with Crippen molar-refractivity contribution in [1.29, 1.82) is 0 Å². The lowest BCUT2D eigenvalue weighted by molar-refractivity contribution is 0.0573. The van der Waals surface area contributed by atoms with Crippen LogP contribution in [0.5, 0.6) is 0 Å². The number of nitrogens with two attached hydrogens (primary N) is 1. The van der Waals surface area contributed by atoms with Gasteiger partial charge in [0.15, 0.2) is 0 Å². The highest BCUT2D eigenvalue weighted by atomic mass is 16.2. The maximum atomic E-state index is 12.7. The number of likely N-dealkylation sites (N-methyl/N-ethyl adjacent to an activating group) is 1. The van der Waals surface area contributed by atoms with Gasteiger partial charge in [0, 0.05) is 31.4 Å². The van der Waals surface area contributed by atoms with Crippen LogP contribution in [0.1, 0.15) is 17.3 Å². The summed E-state index contributed by atoms with van der Waals surface area (Å²) in [5.74, 6) is 0.0400. The molecule has 0 bridgehead atoms. The number of fused-ring (bicyclic) bond motifs is 1. The fraction of sp³-hybridized carbons (Fsp3) is 0.353. The van der Waals surface area contributed by atoms with E-state index in [2.05, 4.69) is 18.9 Å². The third-order valence-corrected chi connectivity index (χ3v) is 4.40. The molecule has 21 heavy (non-hydrogen) atoms. The number of carbonyl (C=O) groups is 1. The lowest BCUT2D eigenvalue weighted by Crippen LogP contribution is -2.52. The highest BCUT2D eigenvalue weighted by molar-refractivity contribution is 6.04. The molecule has 1 amide bonds.